The van der Waals surface area contributed by atoms with Crippen LogP contribution in [0.25, 0.3) is 0 Å². The molecular weight excluding hydrogens is 204 g/mol. The second-order valence-corrected chi connectivity index (χ2v) is 2.92. The number of hydrogen-bond acceptors (Lipinski definition) is 4. The molecule has 14 heavy (non-hydrogen) atoms. The van der Waals surface area contributed by atoms with E-state index in [2.05, 4.69) is 0 Å². The monoisotopic (exact) mass is 212 g/mol. The van der Waals surface area contributed by atoms with E-state index in [4.69, 9.17) is 22.7 Å². The smallest absolute Gasteiger partial charge is 0.311 e. The summed E-state index contributed by atoms with van der Waals surface area (Å²) in [6.07, 6.45) is 0. The van der Waals surface area contributed by atoms with Gasteiger partial charge in [-0.15, -0.1) is 0 Å². The molecule has 0 saturated carbocycles. The third-order valence-corrected chi connectivity index (χ3v) is 1.88. The topological polar surface area (TPSA) is 78.4 Å². The van der Waals surface area contributed by atoms with Gasteiger partial charge in [0.25, 0.3) is 0 Å². The summed E-state index contributed by atoms with van der Waals surface area (Å²) in [5.74, 6) is 0.102. The highest BCUT2D eigenvalue weighted by atomic mass is 32.1. The SMILES string of the molecule is COc1c(C(N)=S)cccc1[N+](=O)[O-]. The van der Waals surface area contributed by atoms with Crippen molar-refractivity contribution in [2.45, 2.75) is 0 Å². The zero-order valence-electron chi connectivity index (χ0n) is 7.39. The van der Waals surface area contributed by atoms with Crippen molar-refractivity contribution in [2.24, 2.45) is 5.73 Å². The lowest BCUT2D eigenvalue weighted by molar-refractivity contribution is -0.385. The van der Waals surface area contributed by atoms with E-state index in [1.54, 1.807) is 6.07 Å². The predicted octanol–water partition coefficient (Wildman–Crippen LogP) is 1.24. The van der Waals surface area contributed by atoms with E-state index in [0.29, 0.717) is 5.56 Å². The van der Waals surface area contributed by atoms with Crippen molar-refractivity contribution in [2.75, 3.05) is 7.11 Å². The molecule has 6 heteroatoms. The number of nitrogens with two attached hydrogens (primary N) is 1. The predicted molar refractivity (Wildman–Crippen MR) is 55.5 cm³/mol. The Labute approximate surface area is 85.6 Å². The van der Waals surface area contributed by atoms with Crippen LogP contribution in [0.2, 0.25) is 0 Å². The number of hydrogen-bond donors (Lipinski definition) is 1. The molecular formula is C8H8N2O3S. The van der Waals surface area contributed by atoms with Crippen LogP contribution in [0.4, 0.5) is 5.69 Å². The first-order valence-corrected chi connectivity index (χ1v) is 4.10. The highest BCUT2D eigenvalue weighted by Gasteiger charge is 2.18. The first-order valence-electron chi connectivity index (χ1n) is 3.69. The van der Waals surface area contributed by atoms with Crippen molar-refractivity contribution in [3.63, 3.8) is 0 Å². The molecule has 0 fully saturated rings. The zero-order chi connectivity index (χ0) is 10.7. The van der Waals surface area contributed by atoms with Crippen molar-refractivity contribution >= 4 is 22.9 Å². The van der Waals surface area contributed by atoms with Crippen LogP contribution in [0.1, 0.15) is 5.56 Å². The lowest BCUT2D eigenvalue weighted by Gasteiger charge is -2.06. The van der Waals surface area contributed by atoms with Crippen LogP contribution in [-0.4, -0.2) is 17.0 Å². The zero-order valence-corrected chi connectivity index (χ0v) is 8.21. The third kappa shape index (κ3) is 1.80. The van der Waals surface area contributed by atoms with Crippen molar-refractivity contribution < 1.29 is 9.66 Å². The molecule has 1 aromatic rings. The molecule has 74 valence electrons. The summed E-state index contributed by atoms with van der Waals surface area (Å²) in [7, 11) is 1.34. The van der Waals surface area contributed by atoms with Crippen LogP contribution in [0.15, 0.2) is 18.2 Å². The number of rotatable bonds is 3. The van der Waals surface area contributed by atoms with Gasteiger partial charge in [-0.3, -0.25) is 10.1 Å². The van der Waals surface area contributed by atoms with Crippen LogP contribution in [-0.2, 0) is 0 Å². The second kappa shape index (κ2) is 4.01. The minimum absolute atomic E-state index is 0.0746. The normalized spacial score (nSPS) is 9.50. The van der Waals surface area contributed by atoms with Gasteiger partial charge >= 0.3 is 5.69 Å². The Kier molecular flexibility index (Phi) is 2.98. The number of nitro benzene ring substituents is 1. The van der Waals surface area contributed by atoms with E-state index >= 15 is 0 Å². The minimum Gasteiger partial charge on any atom is -0.490 e. The van der Waals surface area contributed by atoms with Crippen LogP contribution < -0.4 is 10.5 Å². The van der Waals surface area contributed by atoms with Gasteiger partial charge in [-0.1, -0.05) is 18.3 Å². The Bertz CT molecular complexity index is 360. The van der Waals surface area contributed by atoms with Gasteiger partial charge < -0.3 is 10.5 Å². The Balaban J connectivity index is 3.39. The minimum atomic E-state index is -0.541. The molecule has 0 saturated heterocycles. The molecule has 0 aliphatic heterocycles. The highest BCUT2D eigenvalue weighted by Crippen LogP contribution is 2.30. The molecule has 5 nitrogen and oxygen atoms in total. The molecule has 1 aromatic carbocycles. The number of nitrogens with zero attached hydrogens (tertiary/aromatic N) is 1. The molecule has 0 spiro atoms. The first kappa shape index (κ1) is 10.4. The Morgan fingerprint density at radius 2 is 2.29 bits per heavy atom. The number of nitro groups is 1. The molecule has 2 N–H and O–H groups in total. The van der Waals surface area contributed by atoms with Crippen molar-refractivity contribution in [3.8, 4) is 5.75 Å². The molecule has 0 radical (unpaired) electrons. The van der Waals surface area contributed by atoms with E-state index in [-0.39, 0.29) is 16.4 Å². The largest absolute Gasteiger partial charge is 0.490 e. The average molecular weight is 212 g/mol. The Morgan fingerprint density at radius 1 is 1.64 bits per heavy atom. The maximum absolute atomic E-state index is 10.6. The molecule has 0 aliphatic rings. The average Bonchev–Trinajstić information content (AvgIpc) is 2.16. The van der Waals surface area contributed by atoms with Crippen LogP contribution in [0, 0.1) is 10.1 Å². The lowest BCUT2D eigenvalue weighted by Crippen LogP contribution is -2.11. The summed E-state index contributed by atoms with van der Waals surface area (Å²) in [5.41, 5.74) is 5.62. The molecule has 0 bridgehead atoms. The summed E-state index contributed by atoms with van der Waals surface area (Å²) in [5, 5.41) is 10.6. The quantitative estimate of drug-likeness (QED) is 0.463. The maximum Gasteiger partial charge on any atom is 0.311 e. The fourth-order valence-electron chi connectivity index (χ4n) is 1.08. The van der Waals surface area contributed by atoms with Gasteiger partial charge in [0, 0.05) is 6.07 Å². The molecule has 0 atom stereocenters. The number of para-hydroxylation sites is 1. The van der Waals surface area contributed by atoms with Crippen LogP contribution in [0.3, 0.4) is 0 Å². The summed E-state index contributed by atoms with van der Waals surface area (Å²) >= 11 is 4.74. The summed E-state index contributed by atoms with van der Waals surface area (Å²) in [6.45, 7) is 0. The van der Waals surface area contributed by atoms with Crippen molar-refractivity contribution in [3.05, 3.63) is 33.9 Å². The van der Waals surface area contributed by atoms with Crippen LogP contribution in [0.5, 0.6) is 5.75 Å². The molecule has 0 unspecified atom stereocenters. The van der Waals surface area contributed by atoms with E-state index < -0.39 is 4.92 Å². The van der Waals surface area contributed by atoms with Gasteiger partial charge in [0.1, 0.15) is 4.99 Å². The third-order valence-electron chi connectivity index (χ3n) is 1.66. The standard InChI is InChI=1S/C8H8N2O3S/c1-13-7-5(8(9)14)3-2-4-6(7)10(11)12/h2-4H,1H3,(H2,9,14). The van der Waals surface area contributed by atoms with Crippen molar-refractivity contribution in [1.82, 2.24) is 0 Å². The summed E-state index contributed by atoms with van der Waals surface area (Å²) in [6, 6.07) is 4.42. The Morgan fingerprint density at radius 3 is 2.71 bits per heavy atom. The number of benzene rings is 1. The first-order chi connectivity index (χ1) is 6.57. The van der Waals surface area contributed by atoms with Crippen molar-refractivity contribution in [1.29, 1.82) is 0 Å². The molecule has 0 heterocycles. The molecule has 0 aliphatic carbocycles. The molecule has 1 rings (SSSR count). The fraction of sp³-hybridized carbons (Fsp3) is 0.125. The Hall–Kier alpha value is -1.69. The molecule has 0 amide bonds. The van der Waals surface area contributed by atoms with Gasteiger partial charge in [-0.2, -0.15) is 0 Å². The number of ether oxygens (including phenoxy) is 1. The summed E-state index contributed by atoms with van der Waals surface area (Å²) < 4.78 is 4.89. The van der Waals surface area contributed by atoms with E-state index in [9.17, 15) is 10.1 Å². The van der Waals surface area contributed by atoms with E-state index in [1.807, 2.05) is 0 Å². The van der Waals surface area contributed by atoms with Gasteiger partial charge in [-0.05, 0) is 6.07 Å². The number of thiocarbonyl (C=S) groups is 1. The van der Waals surface area contributed by atoms with Gasteiger partial charge in [-0.25, -0.2) is 0 Å². The van der Waals surface area contributed by atoms with Gasteiger partial charge in [0.2, 0.25) is 5.75 Å². The van der Waals surface area contributed by atoms with E-state index in [1.165, 1.54) is 19.2 Å². The molecule has 0 aromatic heterocycles. The maximum atomic E-state index is 10.6. The summed E-state index contributed by atoms with van der Waals surface area (Å²) in [4.78, 5) is 10.1. The second-order valence-electron chi connectivity index (χ2n) is 2.48. The van der Waals surface area contributed by atoms with Gasteiger partial charge in [0.15, 0.2) is 0 Å². The lowest BCUT2D eigenvalue weighted by atomic mass is 10.1. The van der Waals surface area contributed by atoms with Gasteiger partial charge in [0.05, 0.1) is 17.6 Å². The highest BCUT2D eigenvalue weighted by molar-refractivity contribution is 7.80. The van der Waals surface area contributed by atoms with Crippen LogP contribution >= 0.6 is 12.2 Å². The number of methoxy groups -OCH3 is 1. The van der Waals surface area contributed by atoms with E-state index in [0.717, 1.165) is 0 Å². The fourth-order valence-corrected chi connectivity index (χ4v) is 1.24.